The van der Waals surface area contributed by atoms with Crippen molar-refractivity contribution in [2.75, 3.05) is 18.5 Å². The van der Waals surface area contributed by atoms with E-state index in [0.717, 1.165) is 54.4 Å². The van der Waals surface area contributed by atoms with Crippen molar-refractivity contribution in [3.63, 3.8) is 0 Å². The molecular formula is C18H18N6O. The first-order valence-electron chi connectivity index (χ1n) is 8.35. The summed E-state index contributed by atoms with van der Waals surface area (Å²) in [6.45, 7) is 2.09. The van der Waals surface area contributed by atoms with Gasteiger partial charge < -0.3 is 10.1 Å². The Morgan fingerprint density at radius 2 is 2.08 bits per heavy atom. The lowest BCUT2D eigenvalue weighted by atomic mass is 10.00. The van der Waals surface area contributed by atoms with E-state index in [4.69, 9.17) is 10.00 Å². The lowest BCUT2D eigenvalue weighted by Crippen LogP contribution is -2.15. The molecule has 126 valence electrons. The smallest absolute Gasteiger partial charge is 0.154 e. The molecule has 1 fully saturated rings. The maximum Gasteiger partial charge on any atom is 0.154 e. The Labute approximate surface area is 145 Å². The number of anilines is 1. The van der Waals surface area contributed by atoms with Crippen LogP contribution in [0, 0.1) is 11.3 Å². The van der Waals surface area contributed by atoms with Gasteiger partial charge in [0.1, 0.15) is 11.6 Å². The number of nitrogens with zero attached hydrogens (tertiary/aromatic N) is 4. The van der Waals surface area contributed by atoms with Gasteiger partial charge in [-0.1, -0.05) is 0 Å². The van der Waals surface area contributed by atoms with E-state index < -0.39 is 0 Å². The van der Waals surface area contributed by atoms with Crippen LogP contribution in [0.4, 0.5) is 5.82 Å². The van der Waals surface area contributed by atoms with Gasteiger partial charge in [0.15, 0.2) is 5.82 Å². The van der Waals surface area contributed by atoms with Crippen molar-refractivity contribution in [1.82, 2.24) is 20.2 Å². The molecule has 2 aromatic heterocycles. The van der Waals surface area contributed by atoms with Crippen molar-refractivity contribution in [3.05, 3.63) is 47.5 Å². The number of benzene rings is 1. The molecule has 0 spiro atoms. The second kappa shape index (κ2) is 6.87. The largest absolute Gasteiger partial charge is 0.381 e. The number of fused-ring (bicyclic) bond motifs is 1. The van der Waals surface area contributed by atoms with E-state index in [0.29, 0.717) is 18.0 Å². The Morgan fingerprint density at radius 3 is 2.92 bits per heavy atom. The molecule has 0 amide bonds. The molecule has 0 unspecified atom stereocenters. The quantitative estimate of drug-likeness (QED) is 0.761. The van der Waals surface area contributed by atoms with Gasteiger partial charge >= 0.3 is 0 Å². The highest BCUT2D eigenvalue weighted by Gasteiger charge is 2.20. The average molecular weight is 334 g/mol. The number of aromatic amines is 1. The Kier molecular flexibility index (Phi) is 4.27. The maximum atomic E-state index is 8.95. The van der Waals surface area contributed by atoms with Crippen LogP contribution >= 0.6 is 0 Å². The molecule has 1 aliphatic heterocycles. The molecule has 2 N–H and O–H groups in total. The SMILES string of the molecule is N#Cc1ccc2nc(NCc3nc(C4CCOCC4)n[nH]3)ccc2c1. The monoisotopic (exact) mass is 334 g/mol. The van der Waals surface area contributed by atoms with Crippen LogP contribution < -0.4 is 5.32 Å². The molecule has 3 aromatic rings. The van der Waals surface area contributed by atoms with Gasteiger partial charge in [0.05, 0.1) is 23.7 Å². The van der Waals surface area contributed by atoms with Gasteiger partial charge in [-0.3, -0.25) is 5.10 Å². The molecule has 1 aromatic carbocycles. The van der Waals surface area contributed by atoms with Gasteiger partial charge in [-0.05, 0) is 43.2 Å². The predicted octanol–water partition coefficient (Wildman–Crippen LogP) is 2.73. The Hall–Kier alpha value is -2.98. The summed E-state index contributed by atoms with van der Waals surface area (Å²) in [6.07, 6.45) is 1.95. The number of ether oxygens (including phenoxy) is 1. The Balaban J connectivity index is 1.43. The van der Waals surface area contributed by atoms with Crippen LogP contribution in [0.5, 0.6) is 0 Å². The van der Waals surface area contributed by atoms with E-state index >= 15 is 0 Å². The van der Waals surface area contributed by atoms with E-state index in [-0.39, 0.29) is 0 Å². The molecule has 1 saturated heterocycles. The summed E-state index contributed by atoms with van der Waals surface area (Å²) in [6, 6.07) is 11.5. The molecule has 0 aliphatic carbocycles. The molecule has 0 bridgehead atoms. The Morgan fingerprint density at radius 1 is 1.20 bits per heavy atom. The fourth-order valence-electron chi connectivity index (χ4n) is 3.00. The lowest BCUT2D eigenvalue weighted by molar-refractivity contribution is 0.0836. The van der Waals surface area contributed by atoms with Crippen molar-refractivity contribution in [2.45, 2.75) is 25.3 Å². The van der Waals surface area contributed by atoms with E-state index in [9.17, 15) is 0 Å². The highest BCUT2D eigenvalue weighted by atomic mass is 16.5. The number of aromatic nitrogens is 4. The summed E-state index contributed by atoms with van der Waals surface area (Å²) in [4.78, 5) is 9.15. The molecule has 1 aliphatic rings. The second-order valence-electron chi connectivity index (χ2n) is 6.10. The summed E-state index contributed by atoms with van der Waals surface area (Å²) >= 11 is 0. The van der Waals surface area contributed by atoms with Crippen molar-refractivity contribution in [3.8, 4) is 6.07 Å². The maximum absolute atomic E-state index is 8.95. The third-order valence-corrected chi connectivity index (χ3v) is 4.39. The Bertz CT molecular complexity index is 923. The van der Waals surface area contributed by atoms with Gasteiger partial charge in [0, 0.05) is 24.5 Å². The van der Waals surface area contributed by atoms with E-state index in [1.54, 1.807) is 6.07 Å². The summed E-state index contributed by atoms with van der Waals surface area (Å²) in [7, 11) is 0. The molecule has 7 heteroatoms. The molecule has 4 rings (SSSR count). The van der Waals surface area contributed by atoms with Crippen LogP contribution in [0.1, 0.15) is 36.0 Å². The highest BCUT2D eigenvalue weighted by Crippen LogP contribution is 2.24. The van der Waals surface area contributed by atoms with Crippen molar-refractivity contribution in [2.24, 2.45) is 0 Å². The molecule has 0 radical (unpaired) electrons. The van der Waals surface area contributed by atoms with Crippen LogP contribution in [0.2, 0.25) is 0 Å². The first-order valence-corrected chi connectivity index (χ1v) is 8.35. The number of pyridine rings is 1. The summed E-state index contributed by atoms with van der Waals surface area (Å²) < 4.78 is 5.38. The van der Waals surface area contributed by atoms with Crippen LogP contribution in [0.25, 0.3) is 10.9 Å². The molecule has 3 heterocycles. The minimum Gasteiger partial charge on any atom is -0.381 e. The zero-order valence-corrected chi connectivity index (χ0v) is 13.7. The van der Waals surface area contributed by atoms with Crippen molar-refractivity contribution < 1.29 is 4.74 Å². The zero-order chi connectivity index (χ0) is 17.1. The lowest BCUT2D eigenvalue weighted by Gasteiger charge is -2.18. The average Bonchev–Trinajstić information content (AvgIpc) is 3.15. The number of nitrogens with one attached hydrogen (secondary N) is 2. The van der Waals surface area contributed by atoms with Gasteiger partial charge in [-0.25, -0.2) is 9.97 Å². The van der Waals surface area contributed by atoms with E-state index in [2.05, 4.69) is 31.6 Å². The number of hydrogen-bond acceptors (Lipinski definition) is 6. The van der Waals surface area contributed by atoms with Crippen LogP contribution in [0.15, 0.2) is 30.3 Å². The fraction of sp³-hybridized carbons (Fsp3) is 0.333. The van der Waals surface area contributed by atoms with Gasteiger partial charge in [-0.15, -0.1) is 0 Å². The summed E-state index contributed by atoms with van der Waals surface area (Å²) in [5.41, 5.74) is 1.49. The molecule has 25 heavy (non-hydrogen) atoms. The van der Waals surface area contributed by atoms with Crippen molar-refractivity contribution in [1.29, 1.82) is 5.26 Å². The normalized spacial score (nSPS) is 15.2. The third-order valence-electron chi connectivity index (χ3n) is 4.39. The van der Waals surface area contributed by atoms with Gasteiger partial charge in [0.25, 0.3) is 0 Å². The number of H-pyrrole nitrogens is 1. The fourth-order valence-corrected chi connectivity index (χ4v) is 3.00. The van der Waals surface area contributed by atoms with Crippen LogP contribution in [0.3, 0.4) is 0 Å². The number of nitriles is 1. The molecule has 0 atom stereocenters. The standard InChI is InChI=1S/C18H18N6O/c19-10-12-1-3-15-14(9-12)2-4-16(21-15)20-11-17-22-18(24-23-17)13-5-7-25-8-6-13/h1-4,9,13H,5-8,11H2,(H,20,21)(H,22,23,24). The van der Waals surface area contributed by atoms with E-state index in [1.807, 2.05) is 24.3 Å². The first-order chi connectivity index (χ1) is 12.3. The number of rotatable bonds is 4. The van der Waals surface area contributed by atoms with E-state index in [1.165, 1.54) is 0 Å². The first kappa shape index (κ1) is 15.5. The van der Waals surface area contributed by atoms with Crippen molar-refractivity contribution >= 4 is 16.7 Å². The zero-order valence-electron chi connectivity index (χ0n) is 13.7. The molecular weight excluding hydrogens is 316 g/mol. The summed E-state index contributed by atoms with van der Waals surface area (Å²) in [5, 5.41) is 20.5. The molecule has 0 saturated carbocycles. The van der Waals surface area contributed by atoms with Crippen LogP contribution in [-0.4, -0.2) is 33.4 Å². The topological polar surface area (TPSA) is 99.5 Å². The third kappa shape index (κ3) is 3.44. The molecule has 7 nitrogen and oxygen atoms in total. The predicted molar refractivity (Wildman–Crippen MR) is 93.0 cm³/mol. The van der Waals surface area contributed by atoms with Gasteiger partial charge in [-0.2, -0.15) is 10.4 Å². The number of hydrogen-bond donors (Lipinski definition) is 2. The minimum atomic E-state index is 0.381. The second-order valence-corrected chi connectivity index (χ2v) is 6.10. The van der Waals surface area contributed by atoms with Crippen LogP contribution in [-0.2, 0) is 11.3 Å². The van der Waals surface area contributed by atoms with Gasteiger partial charge in [0.2, 0.25) is 0 Å². The summed E-state index contributed by atoms with van der Waals surface area (Å²) in [5.74, 6) is 2.81. The highest BCUT2D eigenvalue weighted by molar-refractivity contribution is 5.81. The minimum absolute atomic E-state index is 0.381.